The molecule has 17 nitrogen and oxygen atoms in total. The van der Waals surface area contributed by atoms with E-state index < -0.39 is 97.5 Å². The highest BCUT2D eigenvalue weighted by Gasteiger charge is 2.30. The molecular formula is C70H136O17P2. The van der Waals surface area contributed by atoms with Gasteiger partial charge in [0.25, 0.3) is 0 Å². The fourth-order valence-corrected chi connectivity index (χ4v) is 12.0. The molecule has 528 valence electrons. The zero-order chi connectivity index (χ0) is 66.1. The third kappa shape index (κ3) is 62.0. The highest BCUT2D eigenvalue weighted by molar-refractivity contribution is 7.47. The molecule has 7 atom stereocenters. The van der Waals surface area contributed by atoms with E-state index in [9.17, 15) is 43.2 Å². The molecule has 0 aromatic rings. The van der Waals surface area contributed by atoms with Crippen molar-refractivity contribution in [3.05, 3.63) is 0 Å². The average Bonchev–Trinajstić information content (AvgIpc) is 3.71. The molecule has 0 rings (SSSR count). The van der Waals surface area contributed by atoms with Crippen LogP contribution in [0.5, 0.6) is 0 Å². The number of ether oxygens (including phenoxy) is 4. The molecule has 0 aliphatic heterocycles. The molecule has 0 saturated carbocycles. The minimum atomic E-state index is -4.95. The molecule has 0 spiro atoms. The van der Waals surface area contributed by atoms with Gasteiger partial charge < -0.3 is 33.8 Å². The maximum atomic E-state index is 13.0. The number of unbranched alkanes of at least 4 members (excludes halogenated alkanes) is 31. The highest BCUT2D eigenvalue weighted by atomic mass is 31.2. The van der Waals surface area contributed by atoms with E-state index in [4.69, 9.17) is 37.0 Å². The molecule has 89 heavy (non-hydrogen) atoms. The Bertz CT molecular complexity index is 1770. The van der Waals surface area contributed by atoms with Crippen LogP contribution < -0.4 is 0 Å². The second-order valence-electron chi connectivity index (χ2n) is 26.7. The molecule has 4 unspecified atom stereocenters. The summed E-state index contributed by atoms with van der Waals surface area (Å²) in [5, 5.41) is 10.6. The van der Waals surface area contributed by atoms with Crippen LogP contribution in [-0.2, 0) is 65.4 Å². The standard InChI is InChI=1S/C70H136O17P2/c1-9-62(7)48-40-32-26-28-35-43-51-68(73)81-57-66(87-70(75)53-45-37-29-27-33-41-49-63(8)10-2)59-85-89(78,79)83-55-64(71)54-82-88(76,77)84-58-65(56-80-67(72)50-42-34-24-21-20-23-31-39-47-61(5)6)86-69(74)52-44-36-25-19-17-15-13-11-12-14-16-18-22-30-38-46-60(3)4/h60-66,71H,9-59H2,1-8H3,(H,76,77)(H,78,79)/t62?,63?,64-,65-,66-/m1/s1. The minimum absolute atomic E-state index is 0.102. The van der Waals surface area contributed by atoms with Crippen LogP contribution in [0.1, 0.15) is 344 Å². The van der Waals surface area contributed by atoms with Crippen molar-refractivity contribution in [2.24, 2.45) is 23.7 Å². The van der Waals surface area contributed by atoms with Crippen molar-refractivity contribution in [2.45, 2.75) is 363 Å². The molecule has 19 heteroatoms. The largest absolute Gasteiger partial charge is 0.472 e. The van der Waals surface area contributed by atoms with Gasteiger partial charge in [-0.15, -0.1) is 0 Å². The Morgan fingerprint density at radius 1 is 0.315 bits per heavy atom. The van der Waals surface area contributed by atoms with Gasteiger partial charge in [-0.05, 0) is 49.4 Å². The topological polar surface area (TPSA) is 237 Å². The van der Waals surface area contributed by atoms with Crippen LogP contribution in [0.25, 0.3) is 0 Å². The van der Waals surface area contributed by atoms with Crippen LogP contribution in [0.2, 0.25) is 0 Å². The van der Waals surface area contributed by atoms with E-state index in [0.29, 0.717) is 25.7 Å². The van der Waals surface area contributed by atoms with Crippen molar-refractivity contribution in [1.29, 1.82) is 0 Å². The molecule has 0 aromatic carbocycles. The van der Waals surface area contributed by atoms with Gasteiger partial charge in [0.05, 0.1) is 26.4 Å². The molecule has 0 bridgehead atoms. The fraction of sp³-hybridized carbons (Fsp3) is 0.943. The Morgan fingerprint density at radius 3 is 0.798 bits per heavy atom. The van der Waals surface area contributed by atoms with Crippen molar-refractivity contribution in [2.75, 3.05) is 39.6 Å². The van der Waals surface area contributed by atoms with Crippen molar-refractivity contribution in [3.8, 4) is 0 Å². The summed E-state index contributed by atoms with van der Waals surface area (Å²) in [5.74, 6) is 0.846. The Balaban J connectivity index is 5.23. The summed E-state index contributed by atoms with van der Waals surface area (Å²) >= 11 is 0. The Labute approximate surface area is 543 Å². The maximum absolute atomic E-state index is 13.0. The molecule has 0 fully saturated rings. The molecule has 3 N–H and O–H groups in total. The summed E-state index contributed by atoms with van der Waals surface area (Å²) in [7, 11) is -9.90. The number of rotatable bonds is 67. The van der Waals surface area contributed by atoms with Gasteiger partial charge >= 0.3 is 39.5 Å². The number of aliphatic hydroxyl groups excluding tert-OH is 1. The Hall–Kier alpha value is -1.94. The van der Waals surface area contributed by atoms with Gasteiger partial charge in [0.15, 0.2) is 12.2 Å². The molecule has 0 heterocycles. The second kappa shape index (κ2) is 59.8. The van der Waals surface area contributed by atoms with Gasteiger partial charge in [-0.3, -0.25) is 37.3 Å². The van der Waals surface area contributed by atoms with E-state index >= 15 is 0 Å². The number of carbonyl (C=O) groups excluding carboxylic acids is 4. The first-order chi connectivity index (χ1) is 42.7. The van der Waals surface area contributed by atoms with Crippen LogP contribution >= 0.6 is 15.6 Å². The van der Waals surface area contributed by atoms with E-state index in [0.717, 1.165) is 120 Å². The summed E-state index contributed by atoms with van der Waals surface area (Å²) < 4.78 is 68.2. The number of phosphoric acid groups is 2. The average molecular weight is 1310 g/mol. The first-order valence-corrected chi connectivity index (χ1v) is 39.3. The first-order valence-electron chi connectivity index (χ1n) is 36.3. The summed E-state index contributed by atoms with van der Waals surface area (Å²) in [6.07, 6.45) is 41.8. The summed E-state index contributed by atoms with van der Waals surface area (Å²) in [5.41, 5.74) is 0. The highest BCUT2D eigenvalue weighted by Crippen LogP contribution is 2.45. The van der Waals surface area contributed by atoms with Crippen molar-refractivity contribution < 1.29 is 80.2 Å². The normalized spacial score (nSPS) is 14.9. The van der Waals surface area contributed by atoms with Crippen molar-refractivity contribution >= 4 is 39.5 Å². The lowest BCUT2D eigenvalue weighted by Crippen LogP contribution is -2.30. The van der Waals surface area contributed by atoms with Crippen LogP contribution in [-0.4, -0.2) is 96.7 Å². The maximum Gasteiger partial charge on any atom is 0.472 e. The van der Waals surface area contributed by atoms with E-state index in [1.807, 2.05) is 0 Å². The van der Waals surface area contributed by atoms with Gasteiger partial charge in [-0.2, -0.15) is 0 Å². The van der Waals surface area contributed by atoms with E-state index in [1.165, 1.54) is 141 Å². The molecular weight excluding hydrogens is 1170 g/mol. The van der Waals surface area contributed by atoms with E-state index in [2.05, 4.69) is 55.4 Å². The van der Waals surface area contributed by atoms with Crippen LogP contribution in [0.15, 0.2) is 0 Å². The van der Waals surface area contributed by atoms with E-state index in [-0.39, 0.29) is 25.7 Å². The van der Waals surface area contributed by atoms with Crippen LogP contribution in [0, 0.1) is 23.7 Å². The third-order valence-corrected chi connectivity index (χ3v) is 18.7. The smallest absolute Gasteiger partial charge is 0.462 e. The quantitative estimate of drug-likeness (QED) is 0.0222. The van der Waals surface area contributed by atoms with Crippen molar-refractivity contribution in [3.63, 3.8) is 0 Å². The monoisotopic (exact) mass is 1310 g/mol. The summed E-state index contributed by atoms with van der Waals surface area (Å²) in [4.78, 5) is 72.5. The zero-order valence-electron chi connectivity index (χ0n) is 58.1. The van der Waals surface area contributed by atoms with Gasteiger partial charge in [-0.1, -0.05) is 293 Å². The third-order valence-electron chi connectivity index (χ3n) is 16.8. The van der Waals surface area contributed by atoms with Crippen molar-refractivity contribution in [1.82, 2.24) is 0 Å². The molecule has 0 aliphatic rings. The molecule has 0 amide bonds. The number of hydrogen-bond donors (Lipinski definition) is 3. The van der Waals surface area contributed by atoms with Crippen LogP contribution in [0.3, 0.4) is 0 Å². The fourth-order valence-electron chi connectivity index (χ4n) is 10.4. The predicted octanol–water partition coefficient (Wildman–Crippen LogP) is 19.7. The lowest BCUT2D eigenvalue weighted by molar-refractivity contribution is -0.161. The molecule has 0 radical (unpaired) electrons. The lowest BCUT2D eigenvalue weighted by atomic mass is 10.00. The predicted molar refractivity (Wildman–Crippen MR) is 358 cm³/mol. The second-order valence-corrected chi connectivity index (χ2v) is 29.6. The lowest BCUT2D eigenvalue weighted by Gasteiger charge is -2.21. The number of phosphoric ester groups is 2. The summed E-state index contributed by atoms with van der Waals surface area (Å²) in [6.45, 7) is 14.0. The number of esters is 4. The first kappa shape index (κ1) is 87.1. The Morgan fingerprint density at radius 2 is 0.539 bits per heavy atom. The van der Waals surface area contributed by atoms with Gasteiger partial charge in [0, 0.05) is 25.7 Å². The van der Waals surface area contributed by atoms with Gasteiger partial charge in [-0.25, -0.2) is 9.13 Å². The zero-order valence-corrected chi connectivity index (χ0v) is 59.8. The number of hydrogen-bond acceptors (Lipinski definition) is 15. The number of carbonyl (C=O) groups is 4. The van der Waals surface area contributed by atoms with Gasteiger partial charge in [0.1, 0.15) is 19.3 Å². The van der Waals surface area contributed by atoms with Crippen LogP contribution in [0.4, 0.5) is 0 Å². The molecule has 0 aromatic heterocycles. The summed E-state index contributed by atoms with van der Waals surface area (Å²) in [6, 6.07) is 0. The number of aliphatic hydroxyl groups is 1. The minimum Gasteiger partial charge on any atom is -0.462 e. The molecule has 0 saturated heterocycles. The van der Waals surface area contributed by atoms with E-state index in [1.54, 1.807) is 0 Å². The van der Waals surface area contributed by atoms with Gasteiger partial charge in [0.2, 0.25) is 0 Å². The Kier molecular flexibility index (Phi) is 58.5. The molecule has 0 aliphatic carbocycles. The SMILES string of the molecule is CCC(C)CCCCCCCCC(=O)OC[C@H](COP(=O)(O)OC[C@H](O)COP(=O)(O)OC[C@@H](COC(=O)CCCCCCCCCCC(C)C)OC(=O)CCCCCCCCCCCCCCCCCC(C)C)OC(=O)CCCCCCCCC(C)CC.